The van der Waals surface area contributed by atoms with Crippen LogP contribution in [0, 0.1) is 0 Å². The molecule has 61 heavy (non-hydrogen) atoms. The number of aromatic nitrogens is 2. The summed E-state index contributed by atoms with van der Waals surface area (Å²) in [6.07, 6.45) is 0. The Labute approximate surface area is 352 Å². The molecule has 4 heteroatoms. The van der Waals surface area contributed by atoms with Crippen LogP contribution in [-0.2, 0) is 5.41 Å². The van der Waals surface area contributed by atoms with E-state index >= 15 is 0 Å². The van der Waals surface area contributed by atoms with Crippen molar-refractivity contribution in [3.8, 4) is 44.6 Å². The van der Waals surface area contributed by atoms with E-state index in [2.05, 4.69) is 199 Å². The van der Waals surface area contributed by atoms with E-state index in [-0.39, 0.29) is 0 Å². The molecule has 0 atom stereocenters. The highest BCUT2D eigenvalue weighted by Gasteiger charge is 2.52. The fourth-order valence-electron chi connectivity index (χ4n) is 10.4. The van der Waals surface area contributed by atoms with Crippen molar-refractivity contribution in [2.24, 2.45) is 0 Å². The average molecular weight is 778 g/mol. The SMILES string of the molecule is c1ccc(-c2nc(N(c3ccc(-c4cccc5c4oc4ccccc45)cc3)c3cccc4c3-c3ccccc3C43c4ccccc4-c4ccccc43)nc3ccccc23)cc1. The second-order valence-corrected chi connectivity index (χ2v) is 16.0. The van der Waals surface area contributed by atoms with E-state index in [0.29, 0.717) is 5.95 Å². The summed E-state index contributed by atoms with van der Waals surface area (Å²) in [5.41, 5.74) is 18.3. The van der Waals surface area contributed by atoms with Crippen molar-refractivity contribution in [1.29, 1.82) is 0 Å². The van der Waals surface area contributed by atoms with E-state index < -0.39 is 5.41 Å². The molecule has 0 fully saturated rings. The van der Waals surface area contributed by atoms with Gasteiger partial charge in [-0.3, -0.25) is 4.90 Å². The molecule has 0 amide bonds. The van der Waals surface area contributed by atoms with Crippen LogP contribution in [0.4, 0.5) is 17.3 Å². The maximum atomic E-state index is 6.50. The van der Waals surface area contributed by atoms with Crippen LogP contribution in [-0.4, -0.2) is 9.97 Å². The van der Waals surface area contributed by atoms with E-state index in [4.69, 9.17) is 14.4 Å². The van der Waals surface area contributed by atoms with Gasteiger partial charge in [-0.2, -0.15) is 0 Å². The number of para-hydroxylation sites is 3. The molecule has 0 radical (unpaired) electrons. The quantitative estimate of drug-likeness (QED) is 0.175. The molecule has 13 rings (SSSR count). The Hall–Kier alpha value is -8.08. The molecular formula is C57H35N3O. The monoisotopic (exact) mass is 777 g/mol. The number of benzene rings is 9. The Bertz CT molecular complexity index is 3500. The first-order valence-electron chi connectivity index (χ1n) is 20.8. The van der Waals surface area contributed by atoms with Crippen LogP contribution in [0.5, 0.6) is 0 Å². The Kier molecular flexibility index (Phi) is 7.19. The zero-order valence-corrected chi connectivity index (χ0v) is 33.0. The standard InChI is InChI=1S/C57H35N3O/c1-2-16-37(17-3-1)54-45-22-7-12-29-50(45)58-56(59-54)60(38-34-32-36(33-35-38)39-23-14-24-43-42-20-8-13-31-52(42)61-55(39)43)51-30-15-28-49-53(51)44-21-6-11-27-48(44)57(49)46-25-9-4-18-40(46)41-19-5-10-26-47(41)57/h1-35H. The zero-order chi connectivity index (χ0) is 40.1. The van der Waals surface area contributed by atoms with Gasteiger partial charge in [0, 0.05) is 38.5 Å². The molecule has 284 valence electrons. The van der Waals surface area contributed by atoms with Gasteiger partial charge in [0.2, 0.25) is 5.95 Å². The van der Waals surface area contributed by atoms with Crippen molar-refractivity contribution < 1.29 is 4.42 Å². The van der Waals surface area contributed by atoms with Gasteiger partial charge in [-0.05, 0) is 74.8 Å². The van der Waals surface area contributed by atoms with Gasteiger partial charge in [0.15, 0.2) is 0 Å². The van der Waals surface area contributed by atoms with E-state index in [9.17, 15) is 0 Å². The first kappa shape index (κ1) is 33.8. The molecule has 2 aliphatic carbocycles. The van der Waals surface area contributed by atoms with Crippen molar-refractivity contribution in [3.05, 3.63) is 235 Å². The van der Waals surface area contributed by atoms with Gasteiger partial charge in [0.1, 0.15) is 11.2 Å². The number of hydrogen-bond donors (Lipinski definition) is 0. The topological polar surface area (TPSA) is 42.2 Å². The minimum Gasteiger partial charge on any atom is -0.455 e. The zero-order valence-electron chi connectivity index (χ0n) is 33.0. The molecule has 0 N–H and O–H groups in total. The van der Waals surface area contributed by atoms with Crippen LogP contribution in [0.15, 0.2) is 217 Å². The largest absolute Gasteiger partial charge is 0.455 e. The molecule has 9 aromatic carbocycles. The van der Waals surface area contributed by atoms with Gasteiger partial charge in [-0.15, -0.1) is 0 Å². The first-order valence-corrected chi connectivity index (χ1v) is 20.8. The second kappa shape index (κ2) is 13.0. The molecule has 2 aliphatic rings. The summed E-state index contributed by atoms with van der Waals surface area (Å²) in [4.78, 5) is 13.2. The predicted octanol–water partition coefficient (Wildman–Crippen LogP) is 14.7. The molecule has 4 nitrogen and oxygen atoms in total. The summed E-state index contributed by atoms with van der Waals surface area (Å²) >= 11 is 0. The number of anilines is 3. The van der Waals surface area contributed by atoms with Gasteiger partial charge >= 0.3 is 0 Å². The molecule has 0 bridgehead atoms. The van der Waals surface area contributed by atoms with Crippen LogP contribution in [0.2, 0.25) is 0 Å². The highest BCUT2D eigenvalue weighted by molar-refractivity contribution is 6.10. The Morgan fingerprint density at radius 2 is 0.967 bits per heavy atom. The third-order valence-electron chi connectivity index (χ3n) is 12.9. The van der Waals surface area contributed by atoms with Crippen molar-refractivity contribution in [1.82, 2.24) is 9.97 Å². The summed E-state index contributed by atoms with van der Waals surface area (Å²) in [6.45, 7) is 0. The fourth-order valence-corrected chi connectivity index (χ4v) is 10.4. The van der Waals surface area contributed by atoms with Crippen LogP contribution in [0.3, 0.4) is 0 Å². The number of furan rings is 1. The van der Waals surface area contributed by atoms with Gasteiger partial charge < -0.3 is 4.42 Å². The summed E-state index contributed by atoms with van der Waals surface area (Å²) in [7, 11) is 0. The summed E-state index contributed by atoms with van der Waals surface area (Å²) in [5.74, 6) is 0.601. The summed E-state index contributed by atoms with van der Waals surface area (Å²) in [5, 5.41) is 3.24. The Morgan fingerprint density at radius 1 is 0.393 bits per heavy atom. The minimum absolute atomic E-state index is 0.491. The molecule has 0 saturated carbocycles. The predicted molar refractivity (Wildman–Crippen MR) is 249 cm³/mol. The molecule has 0 aliphatic heterocycles. The Morgan fingerprint density at radius 3 is 1.74 bits per heavy atom. The molecular weight excluding hydrogens is 743 g/mol. The van der Waals surface area contributed by atoms with E-state index in [1.54, 1.807) is 0 Å². The van der Waals surface area contributed by atoms with Crippen molar-refractivity contribution >= 4 is 50.2 Å². The maximum absolute atomic E-state index is 6.50. The molecule has 2 aromatic heterocycles. The van der Waals surface area contributed by atoms with Crippen molar-refractivity contribution in [3.63, 3.8) is 0 Å². The minimum atomic E-state index is -0.491. The fraction of sp³-hybridized carbons (Fsp3) is 0.0175. The first-order chi connectivity index (χ1) is 30.3. The van der Waals surface area contributed by atoms with Crippen molar-refractivity contribution in [2.45, 2.75) is 5.41 Å². The lowest BCUT2D eigenvalue weighted by atomic mass is 9.70. The highest BCUT2D eigenvalue weighted by atomic mass is 16.3. The Balaban J connectivity index is 1.08. The van der Waals surface area contributed by atoms with Gasteiger partial charge in [-0.1, -0.05) is 182 Å². The lowest BCUT2D eigenvalue weighted by molar-refractivity contribution is 0.670. The maximum Gasteiger partial charge on any atom is 0.235 e. The number of hydrogen-bond acceptors (Lipinski definition) is 4. The van der Waals surface area contributed by atoms with Crippen LogP contribution in [0.25, 0.3) is 77.5 Å². The summed E-state index contributed by atoms with van der Waals surface area (Å²) in [6, 6.07) is 75.9. The van der Waals surface area contributed by atoms with E-state index in [1.165, 1.54) is 44.5 Å². The van der Waals surface area contributed by atoms with E-state index in [1.807, 2.05) is 18.2 Å². The highest BCUT2D eigenvalue weighted by Crippen LogP contribution is 2.64. The molecule has 0 unspecified atom stereocenters. The third-order valence-corrected chi connectivity index (χ3v) is 12.9. The van der Waals surface area contributed by atoms with Gasteiger partial charge in [-0.25, -0.2) is 9.97 Å². The lowest BCUT2D eigenvalue weighted by Crippen LogP contribution is -2.26. The molecule has 0 saturated heterocycles. The summed E-state index contributed by atoms with van der Waals surface area (Å²) < 4.78 is 6.50. The number of rotatable bonds is 5. The van der Waals surface area contributed by atoms with Crippen molar-refractivity contribution in [2.75, 3.05) is 4.90 Å². The normalized spacial score (nSPS) is 13.0. The van der Waals surface area contributed by atoms with E-state index in [0.717, 1.165) is 66.6 Å². The third kappa shape index (κ3) is 4.76. The van der Waals surface area contributed by atoms with Crippen LogP contribution in [0.1, 0.15) is 22.3 Å². The van der Waals surface area contributed by atoms with Gasteiger partial charge in [0.25, 0.3) is 0 Å². The number of nitrogens with zero attached hydrogens (tertiary/aromatic N) is 3. The molecule has 2 heterocycles. The van der Waals surface area contributed by atoms with Crippen LogP contribution >= 0.6 is 0 Å². The molecule has 1 spiro atoms. The number of fused-ring (bicyclic) bond motifs is 14. The second-order valence-electron chi connectivity index (χ2n) is 16.0. The van der Waals surface area contributed by atoms with Gasteiger partial charge in [0.05, 0.1) is 22.3 Å². The average Bonchev–Trinajstić information content (AvgIpc) is 3.97. The molecule has 11 aromatic rings. The lowest BCUT2D eigenvalue weighted by Gasteiger charge is -2.31. The smallest absolute Gasteiger partial charge is 0.235 e. The van der Waals surface area contributed by atoms with Crippen LogP contribution < -0.4 is 4.90 Å².